The van der Waals surface area contributed by atoms with E-state index in [1.54, 1.807) is 0 Å². The third kappa shape index (κ3) is 2.98. The van der Waals surface area contributed by atoms with E-state index >= 15 is 0 Å². The van der Waals surface area contributed by atoms with Crippen molar-refractivity contribution in [2.75, 3.05) is 0 Å². The SMILES string of the molecule is CC(O)C#CC(O)C1(O)CC[CH]CC1. The molecule has 79 valence electrons. The predicted molar refractivity (Wildman–Crippen MR) is 53.2 cm³/mol. The number of hydrogen-bond donors (Lipinski definition) is 3. The normalized spacial score (nSPS) is 24.6. The van der Waals surface area contributed by atoms with Crippen molar-refractivity contribution in [2.45, 2.75) is 50.4 Å². The summed E-state index contributed by atoms with van der Waals surface area (Å²) in [6.45, 7) is 1.53. The highest BCUT2D eigenvalue weighted by molar-refractivity contribution is 5.14. The third-order valence-electron chi connectivity index (χ3n) is 2.50. The van der Waals surface area contributed by atoms with Gasteiger partial charge < -0.3 is 15.3 Å². The number of aliphatic hydroxyl groups is 3. The molecule has 0 aliphatic heterocycles. The second-order valence-corrected chi connectivity index (χ2v) is 3.84. The second kappa shape index (κ2) is 4.79. The summed E-state index contributed by atoms with van der Waals surface area (Å²) in [4.78, 5) is 0. The average molecular weight is 197 g/mol. The summed E-state index contributed by atoms with van der Waals surface area (Å²) in [5, 5.41) is 28.5. The zero-order chi connectivity index (χ0) is 10.6. The van der Waals surface area contributed by atoms with Crippen molar-refractivity contribution in [1.29, 1.82) is 0 Å². The van der Waals surface area contributed by atoms with E-state index in [4.69, 9.17) is 5.11 Å². The van der Waals surface area contributed by atoms with Gasteiger partial charge in [-0.05, 0) is 39.0 Å². The van der Waals surface area contributed by atoms with Gasteiger partial charge in [0.25, 0.3) is 0 Å². The summed E-state index contributed by atoms with van der Waals surface area (Å²) < 4.78 is 0. The molecule has 2 unspecified atom stereocenters. The number of rotatable bonds is 1. The molecule has 0 saturated heterocycles. The third-order valence-corrected chi connectivity index (χ3v) is 2.50. The maximum absolute atomic E-state index is 10.00. The molecule has 0 heterocycles. The summed E-state index contributed by atoms with van der Waals surface area (Å²) in [7, 11) is 0. The molecule has 3 nitrogen and oxygen atoms in total. The predicted octanol–water partition coefficient (Wildman–Crippen LogP) is 0.241. The van der Waals surface area contributed by atoms with Crippen LogP contribution in [0.15, 0.2) is 0 Å². The second-order valence-electron chi connectivity index (χ2n) is 3.84. The van der Waals surface area contributed by atoms with E-state index in [-0.39, 0.29) is 0 Å². The first kappa shape index (κ1) is 11.5. The van der Waals surface area contributed by atoms with E-state index in [0.29, 0.717) is 12.8 Å². The number of hydrogen-bond acceptors (Lipinski definition) is 3. The molecular formula is C11H17O3. The minimum absolute atomic E-state index is 0.544. The van der Waals surface area contributed by atoms with Gasteiger partial charge in [-0.2, -0.15) is 0 Å². The lowest BCUT2D eigenvalue weighted by atomic mass is 9.81. The lowest BCUT2D eigenvalue weighted by Crippen LogP contribution is -2.43. The summed E-state index contributed by atoms with van der Waals surface area (Å²) in [5.41, 5.74) is -1.09. The largest absolute Gasteiger partial charge is 0.386 e. The molecule has 0 amide bonds. The molecular weight excluding hydrogens is 180 g/mol. The Balaban J connectivity index is 2.58. The van der Waals surface area contributed by atoms with Crippen LogP contribution in [0.1, 0.15) is 32.6 Å². The fraction of sp³-hybridized carbons (Fsp3) is 0.727. The van der Waals surface area contributed by atoms with Crippen LogP contribution in [0.25, 0.3) is 0 Å². The Hall–Kier alpha value is -0.560. The van der Waals surface area contributed by atoms with Gasteiger partial charge in [-0.1, -0.05) is 11.8 Å². The van der Waals surface area contributed by atoms with Crippen LogP contribution < -0.4 is 0 Å². The monoisotopic (exact) mass is 197 g/mol. The van der Waals surface area contributed by atoms with Crippen molar-refractivity contribution < 1.29 is 15.3 Å². The fourth-order valence-corrected chi connectivity index (χ4v) is 1.58. The van der Waals surface area contributed by atoms with E-state index in [9.17, 15) is 10.2 Å². The first-order chi connectivity index (χ1) is 6.54. The minimum Gasteiger partial charge on any atom is -0.386 e. The molecule has 1 fully saturated rings. The topological polar surface area (TPSA) is 60.7 Å². The summed E-state index contributed by atoms with van der Waals surface area (Å²) in [6, 6.07) is 0. The van der Waals surface area contributed by atoms with Crippen molar-refractivity contribution in [3.8, 4) is 11.8 Å². The molecule has 3 N–H and O–H groups in total. The molecule has 0 aromatic heterocycles. The fourth-order valence-electron chi connectivity index (χ4n) is 1.58. The van der Waals surface area contributed by atoms with Crippen LogP contribution in [0.5, 0.6) is 0 Å². The van der Waals surface area contributed by atoms with Crippen LogP contribution in [0.4, 0.5) is 0 Å². The Morgan fingerprint density at radius 3 is 2.29 bits per heavy atom. The van der Waals surface area contributed by atoms with E-state index in [0.717, 1.165) is 12.8 Å². The van der Waals surface area contributed by atoms with Crippen LogP contribution >= 0.6 is 0 Å². The van der Waals surface area contributed by atoms with Gasteiger partial charge in [-0.25, -0.2) is 0 Å². The minimum atomic E-state index is -1.09. The van der Waals surface area contributed by atoms with Crippen LogP contribution in [-0.2, 0) is 0 Å². The van der Waals surface area contributed by atoms with Crippen molar-refractivity contribution in [3.63, 3.8) is 0 Å². The lowest BCUT2D eigenvalue weighted by Gasteiger charge is -2.33. The van der Waals surface area contributed by atoms with Gasteiger partial charge in [0.05, 0.1) is 0 Å². The van der Waals surface area contributed by atoms with Crippen LogP contribution in [0.2, 0.25) is 0 Å². The summed E-state index contributed by atoms with van der Waals surface area (Å²) >= 11 is 0. The Bertz CT molecular complexity index is 231. The number of aliphatic hydroxyl groups excluding tert-OH is 2. The van der Waals surface area contributed by atoms with Crippen LogP contribution in [0.3, 0.4) is 0 Å². The molecule has 0 aromatic rings. The zero-order valence-corrected chi connectivity index (χ0v) is 8.40. The first-order valence-electron chi connectivity index (χ1n) is 4.96. The average Bonchev–Trinajstić information content (AvgIpc) is 2.15. The van der Waals surface area contributed by atoms with Gasteiger partial charge in [-0.3, -0.25) is 0 Å². The Morgan fingerprint density at radius 2 is 1.79 bits per heavy atom. The van der Waals surface area contributed by atoms with E-state index < -0.39 is 17.8 Å². The Kier molecular flexibility index (Phi) is 3.94. The molecule has 1 aliphatic rings. The van der Waals surface area contributed by atoms with Crippen LogP contribution in [-0.4, -0.2) is 33.1 Å². The van der Waals surface area contributed by atoms with Crippen molar-refractivity contribution in [1.82, 2.24) is 0 Å². The van der Waals surface area contributed by atoms with Gasteiger partial charge in [0, 0.05) is 0 Å². The molecule has 0 aromatic carbocycles. The molecule has 3 heteroatoms. The van der Waals surface area contributed by atoms with Gasteiger partial charge in [0.1, 0.15) is 17.8 Å². The Morgan fingerprint density at radius 1 is 1.21 bits per heavy atom. The Labute approximate surface area is 84.8 Å². The quantitative estimate of drug-likeness (QED) is 0.528. The highest BCUT2D eigenvalue weighted by atomic mass is 16.3. The smallest absolute Gasteiger partial charge is 0.143 e. The lowest BCUT2D eigenvalue weighted by molar-refractivity contribution is -0.0663. The molecule has 1 rings (SSSR count). The van der Waals surface area contributed by atoms with E-state index in [1.165, 1.54) is 6.92 Å². The van der Waals surface area contributed by atoms with Gasteiger partial charge in [0.2, 0.25) is 0 Å². The maximum Gasteiger partial charge on any atom is 0.143 e. The summed E-state index contributed by atoms with van der Waals surface area (Å²) in [6.07, 6.45) is 3.00. The van der Waals surface area contributed by atoms with E-state index in [1.807, 2.05) is 0 Å². The van der Waals surface area contributed by atoms with Gasteiger partial charge in [0.15, 0.2) is 0 Å². The van der Waals surface area contributed by atoms with E-state index in [2.05, 4.69) is 18.3 Å². The first-order valence-corrected chi connectivity index (χ1v) is 4.96. The molecule has 1 aliphatic carbocycles. The van der Waals surface area contributed by atoms with Crippen LogP contribution in [0, 0.1) is 18.3 Å². The molecule has 14 heavy (non-hydrogen) atoms. The molecule has 1 radical (unpaired) electrons. The van der Waals surface area contributed by atoms with Gasteiger partial charge >= 0.3 is 0 Å². The van der Waals surface area contributed by atoms with Crippen molar-refractivity contribution in [3.05, 3.63) is 6.42 Å². The molecule has 1 saturated carbocycles. The van der Waals surface area contributed by atoms with Gasteiger partial charge in [-0.15, -0.1) is 0 Å². The van der Waals surface area contributed by atoms with Crippen molar-refractivity contribution >= 4 is 0 Å². The maximum atomic E-state index is 10.00. The van der Waals surface area contributed by atoms with Crippen molar-refractivity contribution in [2.24, 2.45) is 0 Å². The summed E-state index contributed by atoms with van der Waals surface area (Å²) in [5.74, 6) is 4.94. The highest BCUT2D eigenvalue weighted by Crippen LogP contribution is 2.30. The standard InChI is InChI=1S/C11H17O3/c1-9(12)5-6-10(13)11(14)7-3-2-4-8-11/h2,9-10,12-14H,3-4,7-8H2,1H3. The molecule has 2 atom stereocenters. The highest BCUT2D eigenvalue weighted by Gasteiger charge is 2.35. The molecule has 0 bridgehead atoms. The zero-order valence-electron chi connectivity index (χ0n) is 8.40. The molecule has 0 spiro atoms.